The van der Waals surface area contributed by atoms with Crippen LogP contribution in [-0.4, -0.2) is 19.8 Å². The van der Waals surface area contributed by atoms with E-state index in [-0.39, 0.29) is 6.10 Å². The second kappa shape index (κ2) is 5.65. The molecule has 0 saturated carbocycles. The van der Waals surface area contributed by atoms with Crippen LogP contribution in [0.1, 0.15) is 24.1 Å². The van der Waals surface area contributed by atoms with Gasteiger partial charge in [-0.1, -0.05) is 5.92 Å². The van der Waals surface area contributed by atoms with E-state index < -0.39 is 6.04 Å². The highest BCUT2D eigenvalue weighted by Crippen LogP contribution is 2.37. The molecular weight excluding hydrogens is 240 g/mol. The van der Waals surface area contributed by atoms with Crippen LogP contribution in [-0.2, 0) is 6.42 Å². The van der Waals surface area contributed by atoms with Crippen LogP contribution in [0.15, 0.2) is 12.1 Å². The van der Waals surface area contributed by atoms with Gasteiger partial charge < -0.3 is 9.47 Å². The van der Waals surface area contributed by atoms with E-state index in [9.17, 15) is 5.26 Å². The third-order valence-corrected chi connectivity index (χ3v) is 3.10. The Bertz CT molecular complexity index is 554. The van der Waals surface area contributed by atoms with Crippen LogP contribution in [0.5, 0.6) is 11.5 Å². The number of hydrogen-bond acceptors (Lipinski definition) is 4. The van der Waals surface area contributed by atoms with Crippen LogP contribution in [0.3, 0.4) is 0 Å². The molecule has 0 saturated heterocycles. The van der Waals surface area contributed by atoms with Crippen LogP contribution in [0, 0.1) is 23.7 Å². The van der Waals surface area contributed by atoms with Gasteiger partial charge in [0.15, 0.2) is 0 Å². The summed E-state index contributed by atoms with van der Waals surface area (Å²) in [7, 11) is 1.60. The van der Waals surface area contributed by atoms with Gasteiger partial charge in [0.1, 0.15) is 23.6 Å². The van der Waals surface area contributed by atoms with Gasteiger partial charge in [0.2, 0.25) is 0 Å². The van der Waals surface area contributed by atoms with E-state index in [1.165, 1.54) is 0 Å². The Morgan fingerprint density at radius 3 is 3.05 bits per heavy atom. The highest BCUT2D eigenvalue weighted by atomic mass is 16.5. The Morgan fingerprint density at radius 2 is 2.42 bits per heavy atom. The molecule has 1 N–H and O–H groups in total. The lowest BCUT2D eigenvalue weighted by atomic mass is 10.0. The second-order valence-electron chi connectivity index (χ2n) is 4.48. The van der Waals surface area contributed by atoms with Crippen molar-refractivity contribution in [2.45, 2.75) is 25.5 Å². The molecule has 0 radical (unpaired) electrons. The van der Waals surface area contributed by atoms with Crippen molar-refractivity contribution in [1.29, 1.82) is 5.26 Å². The zero-order valence-corrected chi connectivity index (χ0v) is 11.1. The van der Waals surface area contributed by atoms with Crippen LogP contribution < -0.4 is 14.8 Å². The molecule has 1 aliphatic heterocycles. The Labute approximate surface area is 113 Å². The van der Waals surface area contributed by atoms with Gasteiger partial charge in [0.05, 0.1) is 19.7 Å². The van der Waals surface area contributed by atoms with Gasteiger partial charge in [0, 0.05) is 17.5 Å². The van der Waals surface area contributed by atoms with E-state index in [4.69, 9.17) is 15.9 Å². The van der Waals surface area contributed by atoms with Gasteiger partial charge in [-0.15, -0.1) is 6.42 Å². The first-order valence-corrected chi connectivity index (χ1v) is 6.13. The van der Waals surface area contributed by atoms with E-state index in [1.807, 2.05) is 19.1 Å². The zero-order valence-electron chi connectivity index (χ0n) is 11.1. The van der Waals surface area contributed by atoms with E-state index in [2.05, 4.69) is 17.3 Å². The highest BCUT2D eigenvalue weighted by Gasteiger charge is 2.24. The molecule has 1 aliphatic rings. The molecule has 0 fully saturated rings. The van der Waals surface area contributed by atoms with Gasteiger partial charge in [-0.05, 0) is 19.1 Å². The number of rotatable bonds is 4. The van der Waals surface area contributed by atoms with Gasteiger partial charge >= 0.3 is 0 Å². The van der Waals surface area contributed by atoms with E-state index in [1.54, 1.807) is 7.11 Å². The molecule has 98 valence electrons. The highest BCUT2D eigenvalue weighted by molar-refractivity contribution is 5.51. The van der Waals surface area contributed by atoms with E-state index in [0.717, 1.165) is 23.3 Å². The number of methoxy groups -OCH3 is 1. The van der Waals surface area contributed by atoms with E-state index >= 15 is 0 Å². The van der Waals surface area contributed by atoms with Crippen LogP contribution in [0.25, 0.3) is 0 Å². The maximum absolute atomic E-state index is 9.25. The summed E-state index contributed by atoms with van der Waals surface area (Å²) < 4.78 is 11.1. The summed E-state index contributed by atoms with van der Waals surface area (Å²) in [4.78, 5) is 0. The van der Waals surface area contributed by atoms with Crippen molar-refractivity contribution in [2.24, 2.45) is 0 Å². The number of hydrogen-bond donors (Lipinski definition) is 1. The Balaban J connectivity index is 2.37. The minimum Gasteiger partial charge on any atom is -0.496 e. The Kier molecular flexibility index (Phi) is 3.94. The number of fused-ring (bicyclic) bond motifs is 1. The van der Waals surface area contributed by atoms with Gasteiger partial charge in [-0.25, -0.2) is 0 Å². The van der Waals surface area contributed by atoms with Gasteiger partial charge in [-0.2, -0.15) is 5.26 Å². The Morgan fingerprint density at radius 1 is 1.63 bits per heavy atom. The molecule has 1 heterocycles. The lowest BCUT2D eigenvalue weighted by Gasteiger charge is -2.15. The fraction of sp³-hybridized carbons (Fsp3) is 0.400. The Hall–Kier alpha value is -2.17. The van der Waals surface area contributed by atoms with Crippen LogP contribution in [0.4, 0.5) is 0 Å². The first-order chi connectivity index (χ1) is 9.19. The summed E-state index contributed by atoms with van der Waals surface area (Å²) >= 11 is 0. The average Bonchev–Trinajstić information content (AvgIpc) is 2.77. The minimum absolute atomic E-state index is 0.161. The number of nitrogens with zero attached hydrogens (tertiary/aromatic N) is 1. The number of benzene rings is 1. The lowest BCUT2D eigenvalue weighted by molar-refractivity contribution is 0.254. The van der Waals surface area contributed by atoms with Crippen LogP contribution in [0.2, 0.25) is 0 Å². The molecule has 19 heavy (non-hydrogen) atoms. The molecular formula is C15H16N2O2. The third-order valence-electron chi connectivity index (χ3n) is 3.10. The maximum atomic E-state index is 9.25. The lowest BCUT2D eigenvalue weighted by Crippen LogP contribution is -2.20. The number of terminal acetylenes is 1. The van der Waals surface area contributed by atoms with Crippen molar-refractivity contribution in [3.05, 3.63) is 23.3 Å². The smallest absolute Gasteiger partial charge is 0.125 e. The first kappa shape index (κ1) is 13.3. The molecule has 0 aromatic heterocycles. The molecule has 4 nitrogen and oxygen atoms in total. The number of nitriles is 1. The molecule has 1 aromatic carbocycles. The fourth-order valence-electron chi connectivity index (χ4n) is 2.24. The average molecular weight is 256 g/mol. The third kappa shape index (κ3) is 2.65. The second-order valence-corrected chi connectivity index (χ2v) is 4.48. The molecule has 0 bridgehead atoms. The first-order valence-electron chi connectivity index (χ1n) is 6.13. The number of nitrogens with one attached hydrogen (secondary N) is 1. The quantitative estimate of drug-likeness (QED) is 0.835. The van der Waals surface area contributed by atoms with E-state index in [0.29, 0.717) is 12.3 Å². The van der Waals surface area contributed by atoms with Crippen molar-refractivity contribution >= 4 is 0 Å². The van der Waals surface area contributed by atoms with Gasteiger partial charge in [0.25, 0.3) is 0 Å². The fourth-order valence-corrected chi connectivity index (χ4v) is 2.24. The largest absolute Gasteiger partial charge is 0.496 e. The monoisotopic (exact) mass is 256 g/mol. The summed E-state index contributed by atoms with van der Waals surface area (Å²) in [5, 5.41) is 12.2. The topological polar surface area (TPSA) is 54.3 Å². The molecule has 4 heteroatoms. The minimum atomic E-state index is -0.504. The van der Waals surface area contributed by atoms with Crippen molar-refractivity contribution in [2.75, 3.05) is 13.7 Å². The van der Waals surface area contributed by atoms with Crippen molar-refractivity contribution in [3.8, 4) is 29.9 Å². The molecule has 0 amide bonds. The molecule has 1 aromatic rings. The standard InChI is InChI=1S/C15H16N2O2/c1-4-5-17-13(9-16)12-8-14-11(6-10(2)19-14)7-15(12)18-3/h1,7-8,10,13,17H,5-6H2,2-3H3. The summed E-state index contributed by atoms with van der Waals surface area (Å²) in [5.41, 5.74) is 1.87. The molecule has 2 atom stereocenters. The predicted octanol–water partition coefficient (Wildman–Crippen LogP) is 1.81. The molecule has 0 aliphatic carbocycles. The maximum Gasteiger partial charge on any atom is 0.125 e. The van der Waals surface area contributed by atoms with Crippen molar-refractivity contribution in [3.63, 3.8) is 0 Å². The molecule has 2 rings (SSSR count). The summed E-state index contributed by atoms with van der Waals surface area (Å²) in [5.74, 6) is 3.98. The summed E-state index contributed by atoms with van der Waals surface area (Å²) in [6.07, 6.45) is 6.23. The van der Waals surface area contributed by atoms with Crippen molar-refractivity contribution < 1.29 is 9.47 Å². The van der Waals surface area contributed by atoms with Gasteiger partial charge in [-0.3, -0.25) is 5.32 Å². The zero-order chi connectivity index (χ0) is 13.8. The molecule has 2 unspecified atom stereocenters. The molecule has 0 spiro atoms. The summed E-state index contributed by atoms with van der Waals surface area (Å²) in [6.45, 7) is 2.35. The van der Waals surface area contributed by atoms with Crippen molar-refractivity contribution in [1.82, 2.24) is 5.32 Å². The normalized spacial score (nSPS) is 17.8. The predicted molar refractivity (Wildman–Crippen MR) is 72.0 cm³/mol. The van der Waals surface area contributed by atoms with Crippen LogP contribution >= 0.6 is 0 Å². The number of ether oxygens (including phenoxy) is 2. The summed E-state index contributed by atoms with van der Waals surface area (Å²) in [6, 6.07) is 5.49. The SMILES string of the molecule is C#CCNC(C#N)c1cc2c(cc1OC)CC(C)O2.